The van der Waals surface area contributed by atoms with Crippen molar-refractivity contribution in [3.8, 4) is 28.6 Å². The van der Waals surface area contributed by atoms with Crippen molar-refractivity contribution < 1.29 is 23.8 Å². The minimum absolute atomic E-state index is 0.104. The molecule has 0 aliphatic heterocycles. The summed E-state index contributed by atoms with van der Waals surface area (Å²) < 4.78 is 16.0. The van der Waals surface area contributed by atoms with Gasteiger partial charge in [0, 0.05) is 28.4 Å². The van der Waals surface area contributed by atoms with Gasteiger partial charge in [0.15, 0.2) is 11.5 Å². The van der Waals surface area contributed by atoms with E-state index in [4.69, 9.17) is 14.2 Å². The molecule has 0 spiro atoms. The largest absolute Gasteiger partial charge is 0.493 e. The first kappa shape index (κ1) is 26.1. The first-order chi connectivity index (χ1) is 19.0. The Morgan fingerprint density at radius 1 is 0.821 bits per heavy atom. The number of aromatic amines is 1. The van der Waals surface area contributed by atoms with Gasteiger partial charge in [-0.2, -0.15) is 0 Å². The summed E-state index contributed by atoms with van der Waals surface area (Å²) in [4.78, 5) is 33.6. The Bertz CT molecular complexity index is 1460. The van der Waals surface area contributed by atoms with Crippen molar-refractivity contribution in [2.45, 2.75) is 32.1 Å². The molecule has 39 heavy (non-hydrogen) atoms. The highest BCUT2D eigenvalue weighted by atomic mass is 16.5. The normalized spacial score (nSPS) is 13.6. The lowest BCUT2D eigenvalue weighted by Gasteiger charge is -2.20. The molecule has 1 heterocycles. The van der Waals surface area contributed by atoms with Crippen LogP contribution in [0, 0.1) is 5.92 Å². The first-order valence-corrected chi connectivity index (χ1v) is 13.0. The summed E-state index contributed by atoms with van der Waals surface area (Å²) in [5.74, 6) is 1.81. The smallest absolute Gasteiger partial charge is 0.255 e. The number of rotatable bonds is 8. The number of H-pyrrole nitrogens is 1. The highest BCUT2D eigenvalue weighted by Gasteiger charge is 2.21. The van der Waals surface area contributed by atoms with Crippen LogP contribution >= 0.6 is 0 Å². The Labute approximate surface area is 226 Å². The van der Waals surface area contributed by atoms with Crippen LogP contribution in [-0.2, 0) is 4.79 Å². The maximum absolute atomic E-state index is 13.0. The lowest BCUT2D eigenvalue weighted by atomic mass is 9.88. The minimum atomic E-state index is -0.320. The van der Waals surface area contributed by atoms with Gasteiger partial charge in [0.25, 0.3) is 5.91 Å². The van der Waals surface area contributed by atoms with E-state index >= 15 is 0 Å². The summed E-state index contributed by atoms with van der Waals surface area (Å²) in [6.07, 6.45) is 5.40. The number of carbonyl (C=O) groups is 2. The number of hydrogen-bond donors (Lipinski definition) is 3. The number of anilines is 2. The van der Waals surface area contributed by atoms with Gasteiger partial charge in [0.05, 0.1) is 32.4 Å². The fourth-order valence-electron chi connectivity index (χ4n) is 4.96. The van der Waals surface area contributed by atoms with Crippen molar-refractivity contribution in [3.05, 3.63) is 60.2 Å². The number of hydrogen-bond acceptors (Lipinski definition) is 6. The van der Waals surface area contributed by atoms with Crippen LogP contribution in [0.15, 0.2) is 54.6 Å². The number of imidazole rings is 1. The molecule has 1 aliphatic carbocycles. The molecule has 3 aromatic carbocycles. The van der Waals surface area contributed by atoms with Gasteiger partial charge in [-0.05, 0) is 67.4 Å². The van der Waals surface area contributed by atoms with E-state index in [9.17, 15) is 9.59 Å². The Hall–Kier alpha value is -4.53. The molecule has 0 saturated heterocycles. The number of carbonyl (C=O) groups excluding carboxylic acids is 2. The molecule has 9 heteroatoms. The van der Waals surface area contributed by atoms with E-state index in [0.717, 1.165) is 48.0 Å². The monoisotopic (exact) mass is 528 g/mol. The Morgan fingerprint density at radius 3 is 2.13 bits per heavy atom. The summed E-state index contributed by atoms with van der Waals surface area (Å²) in [5.41, 5.74) is 4.20. The van der Waals surface area contributed by atoms with Crippen molar-refractivity contribution in [2.75, 3.05) is 32.0 Å². The molecule has 2 amide bonds. The van der Waals surface area contributed by atoms with Gasteiger partial charge < -0.3 is 29.8 Å². The van der Waals surface area contributed by atoms with Gasteiger partial charge in [0.2, 0.25) is 11.7 Å². The maximum Gasteiger partial charge on any atom is 0.255 e. The summed E-state index contributed by atoms with van der Waals surface area (Å²) in [6.45, 7) is 0. The van der Waals surface area contributed by atoms with Crippen molar-refractivity contribution >= 4 is 34.2 Å². The molecule has 4 aromatic rings. The molecule has 0 bridgehead atoms. The van der Waals surface area contributed by atoms with E-state index in [2.05, 4.69) is 20.6 Å². The van der Waals surface area contributed by atoms with Gasteiger partial charge in [-0.25, -0.2) is 4.98 Å². The quantitative estimate of drug-likeness (QED) is 0.257. The molecule has 0 unspecified atom stereocenters. The third-order valence-corrected chi connectivity index (χ3v) is 7.07. The van der Waals surface area contributed by atoms with Crippen molar-refractivity contribution in [2.24, 2.45) is 5.92 Å². The van der Waals surface area contributed by atoms with Gasteiger partial charge in [-0.3, -0.25) is 9.59 Å². The SMILES string of the molecule is COc1cc(C(=O)Nc2ccc3nc(-c4ccc(NC(=O)C5CCCCC5)cc4)[nH]c3c2)cc(OC)c1OC. The zero-order valence-corrected chi connectivity index (χ0v) is 22.3. The van der Waals surface area contributed by atoms with Crippen LogP contribution in [-0.4, -0.2) is 43.1 Å². The average molecular weight is 529 g/mol. The molecular weight excluding hydrogens is 496 g/mol. The summed E-state index contributed by atoms with van der Waals surface area (Å²) in [6, 6.07) is 16.3. The van der Waals surface area contributed by atoms with Crippen LogP contribution in [0.1, 0.15) is 42.5 Å². The van der Waals surface area contributed by atoms with Crippen molar-refractivity contribution in [3.63, 3.8) is 0 Å². The van der Waals surface area contributed by atoms with Gasteiger partial charge in [0.1, 0.15) is 5.82 Å². The van der Waals surface area contributed by atoms with Crippen molar-refractivity contribution in [1.29, 1.82) is 0 Å². The summed E-state index contributed by atoms with van der Waals surface area (Å²) in [5, 5.41) is 5.96. The zero-order valence-electron chi connectivity index (χ0n) is 22.3. The lowest BCUT2D eigenvalue weighted by molar-refractivity contribution is -0.120. The van der Waals surface area contributed by atoms with Gasteiger partial charge >= 0.3 is 0 Å². The van der Waals surface area contributed by atoms with E-state index in [1.807, 2.05) is 36.4 Å². The minimum Gasteiger partial charge on any atom is -0.493 e. The van der Waals surface area contributed by atoms with E-state index in [0.29, 0.717) is 34.3 Å². The molecule has 0 atom stereocenters. The molecule has 1 aromatic heterocycles. The summed E-state index contributed by atoms with van der Waals surface area (Å²) in [7, 11) is 4.52. The second kappa shape index (κ2) is 11.5. The topological polar surface area (TPSA) is 115 Å². The first-order valence-electron chi connectivity index (χ1n) is 13.0. The fraction of sp³-hybridized carbons (Fsp3) is 0.300. The zero-order chi connectivity index (χ0) is 27.4. The van der Waals surface area contributed by atoms with Gasteiger partial charge in [-0.15, -0.1) is 0 Å². The van der Waals surface area contributed by atoms with Crippen LogP contribution < -0.4 is 24.8 Å². The number of amides is 2. The molecule has 9 nitrogen and oxygen atoms in total. The second-order valence-corrected chi connectivity index (χ2v) is 9.59. The Morgan fingerprint density at radius 2 is 1.49 bits per heavy atom. The van der Waals surface area contributed by atoms with E-state index in [1.54, 1.807) is 18.2 Å². The van der Waals surface area contributed by atoms with Crippen LogP contribution in [0.3, 0.4) is 0 Å². The number of ether oxygens (including phenoxy) is 3. The molecule has 3 N–H and O–H groups in total. The molecule has 5 rings (SSSR count). The fourth-order valence-corrected chi connectivity index (χ4v) is 4.96. The van der Waals surface area contributed by atoms with Gasteiger partial charge in [-0.1, -0.05) is 19.3 Å². The second-order valence-electron chi connectivity index (χ2n) is 9.59. The third-order valence-electron chi connectivity index (χ3n) is 7.07. The Balaban J connectivity index is 1.30. The Kier molecular flexibility index (Phi) is 7.67. The molecule has 202 valence electrons. The van der Waals surface area contributed by atoms with Crippen LogP contribution in [0.25, 0.3) is 22.4 Å². The highest BCUT2D eigenvalue weighted by molar-refractivity contribution is 6.05. The van der Waals surface area contributed by atoms with Crippen LogP contribution in [0.5, 0.6) is 17.2 Å². The predicted molar refractivity (Wildman–Crippen MR) is 151 cm³/mol. The number of fused-ring (bicyclic) bond motifs is 1. The third kappa shape index (κ3) is 5.67. The predicted octanol–water partition coefficient (Wildman–Crippen LogP) is 6.03. The summed E-state index contributed by atoms with van der Waals surface area (Å²) >= 11 is 0. The molecule has 0 radical (unpaired) electrons. The van der Waals surface area contributed by atoms with Crippen LogP contribution in [0.4, 0.5) is 11.4 Å². The molecule has 1 saturated carbocycles. The van der Waals surface area contributed by atoms with Crippen LogP contribution in [0.2, 0.25) is 0 Å². The maximum atomic E-state index is 13.0. The van der Waals surface area contributed by atoms with Crippen molar-refractivity contribution in [1.82, 2.24) is 9.97 Å². The number of aromatic nitrogens is 2. The number of nitrogens with zero attached hydrogens (tertiary/aromatic N) is 1. The lowest BCUT2D eigenvalue weighted by Crippen LogP contribution is -2.24. The standard InChI is InChI=1S/C30H32N4O5/c1-37-25-15-20(16-26(38-2)27(25)39-3)30(36)32-22-13-14-23-24(17-22)34-28(33-23)18-9-11-21(12-10-18)31-29(35)19-7-5-4-6-8-19/h9-17,19H,4-8H2,1-3H3,(H,31,35)(H,32,36)(H,33,34). The van der Waals surface area contributed by atoms with E-state index in [-0.39, 0.29) is 17.7 Å². The van der Waals surface area contributed by atoms with E-state index in [1.165, 1.54) is 27.8 Å². The van der Waals surface area contributed by atoms with E-state index < -0.39 is 0 Å². The number of methoxy groups -OCH3 is 3. The molecule has 1 aliphatic rings. The highest BCUT2D eigenvalue weighted by Crippen LogP contribution is 2.38. The number of nitrogens with one attached hydrogen (secondary N) is 3. The molecular formula is C30H32N4O5. The average Bonchev–Trinajstić information content (AvgIpc) is 3.40. The number of benzene rings is 3. The molecule has 1 fully saturated rings.